The highest BCUT2D eigenvalue weighted by Gasteiger charge is 2.22. The summed E-state index contributed by atoms with van der Waals surface area (Å²) in [5, 5.41) is 6.42. The van der Waals surface area contributed by atoms with Crippen LogP contribution in [0.5, 0.6) is 5.75 Å². The van der Waals surface area contributed by atoms with Crippen molar-refractivity contribution in [2.45, 2.75) is 13.0 Å². The number of nitrogens with one attached hydrogen (secondary N) is 2. The number of hydrogen-bond acceptors (Lipinski definition) is 3. The maximum Gasteiger partial charge on any atom is 0.321 e. The van der Waals surface area contributed by atoms with Crippen molar-refractivity contribution in [1.82, 2.24) is 15.1 Å². The number of urea groups is 2. The monoisotopic (exact) mass is 416 g/mol. The van der Waals surface area contributed by atoms with E-state index in [1.165, 1.54) is 0 Å². The zero-order valence-electron chi connectivity index (χ0n) is 16.4. The predicted molar refractivity (Wildman–Crippen MR) is 113 cm³/mol. The van der Waals surface area contributed by atoms with Crippen LogP contribution in [0.3, 0.4) is 0 Å². The summed E-state index contributed by atoms with van der Waals surface area (Å²) in [5.41, 5.74) is 1.58. The number of benzene rings is 2. The average Bonchev–Trinajstić information content (AvgIpc) is 3.00. The molecule has 0 unspecified atom stereocenters. The third-order valence-corrected chi connectivity index (χ3v) is 5.17. The topological polar surface area (TPSA) is 73.9 Å². The van der Waals surface area contributed by atoms with Gasteiger partial charge in [0.05, 0.1) is 7.11 Å². The van der Waals surface area contributed by atoms with Gasteiger partial charge in [0.1, 0.15) is 5.75 Å². The molecule has 2 aromatic carbocycles. The van der Waals surface area contributed by atoms with E-state index in [4.69, 9.17) is 16.3 Å². The second-order valence-electron chi connectivity index (χ2n) is 6.74. The molecule has 29 heavy (non-hydrogen) atoms. The molecule has 0 saturated carbocycles. The van der Waals surface area contributed by atoms with Crippen molar-refractivity contribution >= 4 is 29.4 Å². The number of methoxy groups -OCH3 is 1. The highest BCUT2D eigenvalue weighted by Crippen LogP contribution is 2.16. The molecule has 2 N–H and O–H groups in total. The molecule has 0 atom stereocenters. The fourth-order valence-electron chi connectivity index (χ4n) is 3.12. The molecule has 7 nitrogen and oxygen atoms in total. The SMILES string of the molecule is COc1ccc(NC(=O)N2CCCN(C(=O)NCc3ccccc3Cl)CC2)cc1. The Labute approximate surface area is 175 Å². The Bertz CT molecular complexity index is 844. The Morgan fingerprint density at radius 3 is 2.28 bits per heavy atom. The molecule has 1 aliphatic rings. The van der Waals surface area contributed by atoms with Crippen LogP contribution >= 0.6 is 11.6 Å². The Morgan fingerprint density at radius 2 is 1.62 bits per heavy atom. The van der Waals surface area contributed by atoms with Gasteiger partial charge in [-0.3, -0.25) is 0 Å². The van der Waals surface area contributed by atoms with Crippen molar-refractivity contribution in [3.05, 3.63) is 59.1 Å². The summed E-state index contributed by atoms with van der Waals surface area (Å²) in [5.74, 6) is 0.733. The number of halogens is 1. The normalized spacial score (nSPS) is 14.1. The Morgan fingerprint density at radius 1 is 0.966 bits per heavy atom. The van der Waals surface area contributed by atoms with Crippen molar-refractivity contribution in [2.75, 3.05) is 38.6 Å². The number of carbonyl (C=O) groups excluding carboxylic acids is 2. The van der Waals surface area contributed by atoms with E-state index < -0.39 is 0 Å². The van der Waals surface area contributed by atoms with Crippen LogP contribution < -0.4 is 15.4 Å². The lowest BCUT2D eigenvalue weighted by molar-refractivity contribution is 0.195. The van der Waals surface area contributed by atoms with Crippen LogP contribution in [0.2, 0.25) is 5.02 Å². The highest BCUT2D eigenvalue weighted by atomic mass is 35.5. The van der Waals surface area contributed by atoms with Gasteiger partial charge in [0.15, 0.2) is 0 Å². The molecule has 2 aromatic rings. The van der Waals surface area contributed by atoms with Crippen LogP contribution in [-0.4, -0.2) is 55.2 Å². The zero-order chi connectivity index (χ0) is 20.6. The van der Waals surface area contributed by atoms with E-state index in [0.29, 0.717) is 43.4 Å². The van der Waals surface area contributed by atoms with Gasteiger partial charge in [0.2, 0.25) is 0 Å². The van der Waals surface area contributed by atoms with Crippen LogP contribution in [0.25, 0.3) is 0 Å². The van der Waals surface area contributed by atoms with E-state index in [1.807, 2.05) is 18.2 Å². The fraction of sp³-hybridized carbons (Fsp3) is 0.333. The third-order valence-electron chi connectivity index (χ3n) is 4.80. The van der Waals surface area contributed by atoms with E-state index in [-0.39, 0.29) is 12.1 Å². The van der Waals surface area contributed by atoms with Gasteiger partial charge in [-0.15, -0.1) is 0 Å². The summed E-state index contributed by atoms with van der Waals surface area (Å²) in [6, 6.07) is 14.3. The first-order valence-electron chi connectivity index (χ1n) is 9.53. The van der Waals surface area contributed by atoms with Gasteiger partial charge in [0, 0.05) is 43.4 Å². The van der Waals surface area contributed by atoms with Crippen LogP contribution in [0.4, 0.5) is 15.3 Å². The molecule has 0 spiro atoms. The molecule has 3 rings (SSSR count). The summed E-state index contributed by atoms with van der Waals surface area (Å²) >= 11 is 6.13. The number of anilines is 1. The first-order valence-corrected chi connectivity index (χ1v) is 9.91. The van der Waals surface area contributed by atoms with E-state index in [2.05, 4.69) is 10.6 Å². The minimum Gasteiger partial charge on any atom is -0.497 e. The van der Waals surface area contributed by atoms with Crippen molar-refractivity contribution in [2.24, 2.45) is 0 Å². The van der Waals surface area contributed by atoms with Gasteiger partial charge >= 0.3 is 12.1 Å². The number of hydrogen-bond donors (Lipinski definition) is 2. The highest BCUT2D eigenvalue weighted by molar-refractivity contribution is 6.31. The summed E-state index contributed by atoms with van der Waals surface area (Å²) in [4.78, 5) is 28.5. The quantitative estimate of drug-likeness (QED) is 0.796. The maximum atomic E-state index is 12.5. The smallest absolute Gasteiger partial charge is 0.321 e. The van der Waals surface area contributed by atoms with Crippen molar-refractivity contribution in [3.63, 3.8) is 0 Å². The number of rotatable bonds is 4. The lowest BCUT2D eigenvalue weighted by Crippen LogP contribution is -2.43. The molecule has 154 valence electrons. The van der Waals surface area contributed by atoms with Crippen LogP contribution in [0.1, 0.15) is 12.0 Å². The molecule has 4 amide bonds. The van der Waals surface area contributed by atoms with Crippen molar-refractivity contribution < 1.29 is 14.3 Å². The van der Waals surface area contributed by atoms with Crippen LogP contribution in [0.15, 0.2) is 48.5 Å². The number of nitrogens with zero attached hydrogens (tertiary/aromatic N) is 2. The van der Waals surface area contributed by atoms with E-state index in [1.54, 1.807) is 47.2 Å². The van der Waals surface area contributed by atoms with E-state index in [9.17, 15) is 9.59 Å². The van der Waals surface area contributed by atoms with Gasteiger partial charge in [-0.2, -0.15) is 0 Å². The molecule has 0 bridgehead atoms. The Balaban J connectivity index is 1.49. The van der Waals surface area contributed by atoms with E-state index in [0.717, 1.165) is 17.7 Å². The Kier molecular flexibility index (Phi) is 7.19. The largest absolute Gasteiger partial charge is 0.497 e. The minimum absolute atomic E-state index is 0.151. The first kappa shape index (κ1) is 20.8. The number of carbonyl (C=O) groups is 2. The van der Waals surface area contributed by atoms with E-state index >= 15 is 0 Å². The maximum absolute atomic E-state index is 12.5. The lowest BCUT2D eigenvalue weighted by atomic mass is 10.2. The van der Waals surface area contributed by atoms with Crippen molar-refractivity contribution in [3.8, 4) is 5.75 Å². The zero-order valence-corrected chi connectivity index (χ0v) is 17.1. The summed E-state index contributed by atoms with van der Waals surface area (Å²) in [7, 11) is 1.60. The molecule has 0 radical (unpaired) electrons. The summed E-state index contributed by atoms with van der Waals surface area (Å²) < 4.78 is 5.12. The van der Waals surface area contributed by atoms with Crippen LogP contribution in [-0.2, 0) is 6.54 Å². The lowest BCUT2D eigenvalue weighted by Gasteiger charge is -2.23. The van der Waals surface area contributed by atoms with Crippen LogP contribution in [0, 0.1) is 0 Å². The number of ether oxygens (including phenoxy) is 1. The standard InChI is InChI=1S/C21H25ClN4O3/c1-29-18-9-7-17(8-10-18)24-21(28)26-12-4-11-25(13-14-26)20(27)23-15-16-5-2-3-6-19(16)22/h2-3,5-10H,4,11-15H2,1H3,(H,23,27)(H,24,28). The summed E-state index contributed by atoms with van der Waals surface area (Å²) in [6.07, 6.45) is 0.718. The molecule has 0 aliphatic carbocycles. The third kappa shape index (κ3) is 5.77. The summed E-state index contributed by atoms with van der Waals surface area (Å²) in [6.45, 7) is 2.51. The molecule has 1 saturated heterocycles. The van der Waals surface area contributed by atoms with Crippen molar-refractivity contribution in [1.29, 1.82) is 0 Å². The molecular formula is C21H25ClN4O3. The molecule has 1 aliphatic heterocycles. The van der Waals surface area contributed by atoms with Gasteiger partial charge in [-0.1, -0.05) is 29.8 Å². The second-order valence-corrected chi connectivity index (χ2v) is 7.14. The number of amides is 4. The first-order chi connectivity index (χ1) is 14.1. The fourth-order valence-corrected chi connectivity index (χ4v) is 3.33. The molecule has 1 heterocycles. The van der Waals surface area contributed by atoms with Gasteiger partial charge in [-0.05, 0) is 42.3 Å². The molecule has 1 fully saturated rings. The minimum atomic E-state index is -0.173. The van der Waals surface area contributed by atoms with Gasteiger partial charge < -0.3 is 25.2 Å². The second kappa shape index (κ2) is 10.0. The predicted octanol–water partition coefficient (Wildman–Crippen LogP) is 3.80. The Hall–Kier alpha value is -2.93. The molecular weight excluding hydrogens is 392 g/mol. The molecule has 0 aromatic heterocycles. The average molecular weight is 417 g/mol. The van der Waals surface area contributed by atoms with Gasteiger partial charge in [0.25, 0.3) is 0 Å². The molecule has 8 heteroatoms. The van der Waals surface area contributed by atoms with Gasteiger partial charge in [-0.25, -0.2) is 9.59 Å².